The Bertz CT molecular complexity index is 648. The summed E-state index contributed by atoms with van der Waals surface area (Å²) in [6.07, 6.45) is 1.96. The molecule has 0 bridgehead atoms. The van der Waals surface area contributed by atoms with Gasteiger partial charge in [0, 0.05) is 12.2 Å². The van der Waals surface area contributed by atoms with Crippen LogP contribution in [0.2, 0.25) is 0 Å². The molecule has 2 aromatic carbocycles. The van der Waals surface area contributed by atoms with Crippen LogP contribution in [-0.4, -0.2) is 12.2 Å². The van der Waals surface area contributed by atoms with Crippen LogP contribution in [0.4, 0.5) is 5.69 Å². The van der Waals surface area contributed by atoms with Crippen LogP contribution in [0, 0.1) is 0 Å². The molecule has 0 spiro atoms. The molecule has 3 nitrogen and oxygen atoms in total. The summed E-state index contributed by atoms with van der Waals surface area (Å²) in [6.45, 7) is 4.98. The number of thiocarbonyl (C=S) groups is 1. The van der Waals surface area contributed by atoms with Gasteiger partial charge >= 0.3 is 0 Å². The number of para-hydroxylation sites is 1. The summed E-state index contributed by atoms with van der Waals surface area (Å²) in [7, 11) is 1.67. The van der Waals surface area contributed by atoms with Crippen molar-refractivity contribution in [2.45, 2.75) is 33.2 Å². The summed E-state index contributed by atoms with van der Waals surface area (Å²) in [4.78, 5) is 0. The average molecular weight is 328 g/mol. The quantitative estimate of drug-likeness (QED) is 0.774. The minimum absolute atomic E-state index is 0.642. The summed E-state index contributed by atoms with van der Waals surface area (Å²) >= 11 is 5.46. The zero-order valence-corrected chi connectivity index (χ0v) is 14.8. The van der Waals surface area contributed by atoms with Crippen molar-refractivity contribution in [2.75, 3.05) is 12.4 Å². The van der Waals surface area contributed by atoms with Crippen molar-refractivity contribution in [1.82, 2.24) is 5.32 Å². The van der Waals surface area contributed by atoms with E-state index in [4.69, 9.17) is 17.0 Å². The third kappa shape index (κ3) is 4.70. The molecule has 0 aliphatic rings. The van der Waals surface area contributed by atoms with Gasteiger partial charge in [0.2, 0.25) is 0 Å². The first kappa shape index (κ1) is 17.3. The van der Waals surface area contributed by atoms with Gasteiger partial charge in [0.1, 0.15) is 5.75 Å². The lowest BCUT2D eigenvalue weighted by molar-refractivity contribution is 0.414. The number of aryl methyl sites for hydroxylation is 2. The molecular formula is C19H24N2OS. The maximum absolute atomic E-state index is 5.46. The fourth-order valence-electron chi connectivity index (χ4n) is 2.53. The third-order valence-corrected chi connectivity index (χ3v) is 4.07. The van der Waals surface area contributed by atoms with Crippen molar-refractivity contribution in [3.63, 3.8) is 0 Å². The molecule has 23 heavy (non-hydrogen) atoms. The normalized spacial score (nSPS) is 10.2. The number of nitrogens with one attached hydrogen (secondary N) is 2. The number of rotatable bonds is 6. The molecule has 0 amide bonds. The fraction of sp³-hybridized carbons (Fsp3) is 0.316. The van der Waals surface area contributed by atoms with Crippen molar-refractivity contribution in [2.24, 2.45) is 0 Å². The molecule has 2 aromatic rings. The van der Waals surface area contributed by atoms with Crippen molar-refractivity contribution < 1.29 is 4.74 Å². The zero-order chi connectivity index (χ0) is 16.7. The van der Waals surface area contributed by atoms with E-state index in [1.807, 2.05) is 18.2 Å². The Labute approximate surface area is 144 Å². The largest absolute Gasteiger partial charge is 0.497 e. The molecule has 0 fully saturated rings. The summed E-state index contributed by atoms with van der Waals surface area (Å²) in [5.74, 6) is 0.854. The van der Waals surface area contributed by atoms with Crippen molar-refractivity contribution in [1.29, 1.82) is 0 Å². The Morgan fingerprint density at radius 2 is 1.70 bits per heavy atom. The van der Waals surface area contributed by atoms with E-state index in [1.165, 1.54) is 11.1 Å². The van der Waals surface area contributed by atoms with Gasteiger partial charge in [-0.1, -0.05) is 44.2 Å². The molecule has 0 atom stereocenters. The second-order valence-corrected chi connectivity index (χ2v) is 5.73. The third-order valence-electron chi connectivity index (χ3n) is 3.82. The maximum Gasteiger partial charge on any atom is 0.171 e. The van der Waals surface area contributed by atoms with Gasteiger partial charge in [-0.15, -0.1) is 0 Å². The summed E-state index contributed by atoms with van der Waals surface area (Å²) in [5.41, 5.74) is 4.85. The van der Waals surface area contributed by atoms with Crippen LogP contribution in [0.25, 0.3) is 0 Å². The van der Waals surface area contributed by atoms with Gasteiger partial charge in [0.05, 0.1) is 7.11 Å². The van der Waals surface area contributed by atoms with E-state index in [1.54, 1.807) is 7.11 Å². The highest BCUT2D eigenvalue weighted by atomic mass is 32.1. The van der Waals surface area contributed by atoms with Gasteiger partial charge in [0.15, 0.2) is 5.11 Å². The lowest BCUT2D eigenvalue weighted by Gasteiger charge is -2.17. The topological polar surface area (TPSA) is 33.3 Å². The Morgan fingerprint density at radius 3 is 2.30 bits per heavy atom. The van der Waals surface area contributed by atoms with E-state index in [0.29, 0.717) is 11.7 Å². The Kier molecular flexibility index (Phi) is 6.41. The Balaban J connectivity index is 2.02. The Morgan fingerprint density at radius 1 is 1.04 bits per heavy atom. The molecule has 0 unspecified atom stereocenters. The van der Waals surface area contributed by atoms with E-state index in [0.717, 1.165) is 29.8 Å². The summed E-state index contributed by atoms with van der Waals surface area (Å²) < 4.78 is 5.24. The van der Waals surface area contributed by atoms with Gasteiger partial charge in [-0.25, -0.2) is 0 Å². The first-order chi connectivity index (χ1) is 11.2. The van der Waals surface area contributed by atoms with Gasteiger partial charge < -0.3 is 15.4 Å². The van der Waals surface area contributed by atoms with Crippen molar-refractivity contribution in [3.05, 3.63) is 59.2 Å². The van der Waals surface area contributed by atoms with Crippen molar-refractivity contribution in [3.8, 4) is 5.75 Å². The number of methoxy groups -OCH3 is 1. The van der Waals surface area contributed by atoms with E-state index < -0.39 is 0 Å². The molecule has 0 saturated carbocycles. The highest BCUT2D eigenvalue weighted by Gasteiger charge is 2.07. The van der Waals surface area contributed by atoms with E-state index in [9.17, 15) is 0 Å². The van der Waals surface area contributed by atoms with Crippen LogP contribution in [0.1, 0.15) is 30.5 Å². The highest BCUT2D eigenvalue weighted by molar-refractivity contribution is 7.80. The maximum atomic E-state index is 5.46. The number of hydrogen-bond donors (Lipinski definition) is 2. The van der Waals surface area contributed by atoms with Crippen molar-refractivity contribution >= 4 is 23.0 Å². The lowest BCUT2D eigenvalue weighted by atomic mass is 10.0. The second kappa shape index (κ2) is 8.53. The molecule has 122 valence electrons. The van der Waals surface area contributed by atoms with Crippen LogP contribution in [0.15, 0.2) is 42.5 Å². The highest BCUT2D eigenvalue weighted by Crippen LogP contribution is 2.22. The predicted molar refractivity (Wildman–Crippen MR) is 101 cm³/mol. The fourth-order valence-corrected chi connectivity index (χ4v) is 2.70. The standard InChI is InChI=1S/C19H24N2OS/c1-4-15-9-7-10-16(5-2)18(15)21-19(23)20-13-14-8-6-11-17(12-14)22-3/h6-12H,4-5,13H2,1-3H3,(H2,20,21,23). The van der Waals surface area contributed by atoms with Crippen LogP contribution in [0.3, 0.4) is 0 Å². The van der Waals surface area contributed by atoms with Crippen LogP contribution < -0.4 is 15.4 Å². The van der Waals surface area contributed by atoms with Crippen LogP contribution >= 0.6 is 12.2 Å². The average Bonchev–Trinajstić information content (AvgIpc) is 2.60. The summed E-state index contributed by atoms with van der Waals surface area (Å²) in [5, 5.41) is 7.28. The lowest BCUT2D eigenvalue weighted by Crippen LogP contribution is -2.28. The number of ether oxygens (including phenoxy) is 1. The minimum Gasteiger partial charge on any atom is -0.497 e. The van der Waals surface area contributed by atoms with Gasteiger partial charge in [-0.2, -0.15) is 0 Å². The molecule has 2 rings (SSSR count). The first-order valence-electron chi connectivity index (χ1n) is 7.96. The molecule has 0 aliphatic carbocycles. The number of benzene rings is 2. The van der Waals surface area contributed by atoms with Crippen LogP contribution in [-0.2, 0) is 19.4 Å². The minimum atomic E-state index is 0.642. The molecular weight excluding hydrogens is 304 g/mol. The van der Waals surface area contributed by atoms with E-state index in [-0.39, 0.29) is 0 Å². The monoisotopic (exact) mass is 328 g/mol. The number of anilines is 1. The molecule has 4 heteroatoms. The molecule has 0 radical (unpaired) electrons. The smallest absolute Gasteiger partial charge is 0.171 e. The molecule has 0 heterocycles. The molecule has 0 saturated heterocycles. The van der Waals surface area contributed by atoms with E-state index in [2.05, 4.69) is 48.7 Å². The van der Waals surface area contributed by atoms with Crippen LogP contribution in [0.5, 0.6) is 5.75 Å². The Hall–Kier alpha value is -2.07. The SMILES string of the molecule is CCc1cccc(CC)c1NC(=S)NCc1cccc(OC)c1. The molecule has 0 aliphatic heterocycles. The second-order valence-electron chi connectivity index (χ2n) is 5.32. The summed E-state index contributed by atoms with van der Waals surface area (Å²) in [6, 6.07) is 14.4. The van der Waals surface area contributed by atoms with Gasteiger partial charge in [-0.05, 0) is 53.9 Å². The van der Waals surface area contributed by atoms with Gasteiger partial charge in [-0.3, -0.25) is 0 Å². The van der Waals surface area contributed by atoms with Gasteiger partial charge in [0.25, 0.3) is 0 Å². The number of hydrogen-bond acceptors (Lipinski definition) is 2. The van der Waals surface area contributed by atoms with E-state index >= 15 is 0 Å². The molecule has 0 aromatic heterocycles. The zero-order valence-electron chi connectivity index (χ0n) is 14.0. The predicted octanol–water partition coefficient (Wildman–Crippen LogP) is 4.31. The first-order valence-corrected chi connectivity index (χ1v) is 8.37. The molecule has 2 N–H and O–H groups in total.